The molecule has 2 N–H and O–H groups in total. The van der Waals surface area contributed by atoms with Crippen LogP contribution in [0.4, 0.5) is 5.69 Å². The molecule has 2 heterocycles. The van der Waals surface area contributed by atoms with Gasteiger partial charge in [0.05, 0.1) is 18.2 Å². The summed E-state index contributed by atoms with van der Waals surface area (Å²) in [5.41, 5.74) is 1.34. The van der Waals surface area contributed by atoms with Gasteiger partial charge < -0.3 is 10.6 Å². The van der Waals surface area contributed by atoms with Crippen LogP contribution in [0, 0.1) is 17.2 Å². The molecule has 21 heavy (non-hydrogen) atoms. The van der Waals surface area contributed by atoms with Crippen molar-refractivity contribution in [2.75, 3.05) is 31.5 Å². The summed E-state index contributed by atoms with van der Waals surface area (Å²) in [4.78, 5) is 14.3. The average Bonchev–Trinajstić information content (AvgIpc) is 2.90. The molecule has 5 nitrogen and oxygen atoms in total. The molecule has 5 heteroatoms. The fraction of sp³-hybridized carbons (Fsp3) is 0.500. The quantitative estimate of drug-likeness (QED) is 0.874. The monoisotopic (exact) mass is 284 g/mol. The average molecular weight is 284 g/mol. The van der Waals surface area contributed by atoms with E-state index in [0.717, 1.165) is 25.3 Å². The largest absolute Gasteiger partial charge is 0.325 e. The van der Waals surface area contributed by atoms with Crippen LogP contribution in [-0.4, -0.2) is 43.0 Å². The SMILES string of the molecule is N#Cc1ccc(NC(=O)CN2CC3CCCNC3C2)cc1. The molecule has 2 saturated heterocycles. The molecule has 1 amide bonds. The highest BCUT2D eigenvalue weighted by Gasteiger charge is 2.34. The Labute approximate surface area is 124 Å². The molecule has 0 radical (unpaired) electrons. The van der Waals surface area contributed by atoms with Gasteiger partial charge in [0.1, 0.15) is 0 Å². The molecule has 0 aromatic heterocycles. The van der Waals surface area contributed by atoms with Crippen molar-refractivity contribution in [1.82, 2.24) is 10.2 Å². The molecule has 2 unspecified atom stereocenters. The molecular weight excluding hydrogens is 264 g/mol. The normalized spacial score (nSPS) is 25.1. The summed E-state index contributed by atoms with van der Waals surface area (Å²) in [6.07, 6.45) is 2.51. The van der Waals surface area contributed by atoms with E-state index < -0.39 is 0 Å². The summed E-state index contributed by atoms with van der Waals surface area (Å²) in [5, 5.41) is 15.2. The van der Waals surface area contributed by atoms with E-state index in [1.807, 2.05) is 0 Å². The van der Waals surface area contributed by atoms with Crippen molar-refractivity contribution in [3.63, 3.8) is 0 Å². The Morgan fingerprint density at radius 2 is 2.19 bits per heavy atom. The molecule has 1 aromatic rings. The van der Waals surface area contributed by atoms with Gasteiger partial charge in [-0.1, -0.05) is 0 Å². The third kappa shape index (κ3) is 3.41. The van der Waals surface area contributed by atoms with Crippen LogP contribution in [-0.2, 0) is 4.79 Å². The molecular formula is C16H20N4O. The van der Waals surface area contributed by atoms with Crippen LogP contribution in [0.5, 0.6) is 0 Å². The third-order valence-electron chi connectivity index (χ3n) is 4.34. The van der Waals surface area contributed by atoms with Crippen LogP contribution in [0.2, 0.25) is 0 Å². The number of likely N-dealkylation sites (tertiary alicyclic amines) is 1. The van der Waals surface area contributed by atoms with Crippen molar-refractivity contribution in [2.45, 2.75) is 18.9 Å². The lowest BCUT2D eigenvalue weighted by atomic mass is 9.94. The molecule has 2 fully saturated rings. The van der Waals surface area contributed by atoms with Gasteiger partial charge in [0.25, 0.3) is 0 Å². The molecule has 0 saturated carbocycles. The van der Waals surface area contributed by atoms with Gasteiger partial charge in [-0.3, -0.25) is 9.69 Å². The highest BCUT2D eigenvalue weighted by atomic mass is 16.2. The third-order valence-corrected chi connectivity index (χ3v) is 4.34. The number of benzene rings is 1. The number of fused-ring (bicyclic) bond motifs is 1. The number of hydrogen-bond donors (Lipinski definition) is 2. The second kappa shape index (κ2) is 6.25. The number of nitrogens with one attached hydrogen (secondary N) is 2. The van der Waals surface area contributed by atoms with E-state index in [1.54, 1.807) is 24.3 Å². The molecule has 0 bridgehead atoms. The second-order valence-corrected chi connectivity index (χ2v) is 5.89. The Morgan fingerprint density at radius 3 is 2.90 bits per heavy atom. The van der Waals surface area contributed by atoms with Crippen molar-refractivity contribution in [1.29, 1.82) is 5.26 Å². The fourth-order valence-corrected chi connectivity index (χ4v) is 3.30. The highest BCUT2D eigenvalue weighted by Crippen LogP contribution is 2.24. The Morgan fingerprint density at radius 1 is 1.38 bits per heavy atom. The van der Waals surface area contributed by atoms with Crippen LogP contribution in [0.3, 0.4) is 0 Å². The van der Waals surface area contributed by atoms with Crippen LogP contribution in [0.1, 0.15) is 18.4 Å². The first-order valence-electron chi connectivity index (χ1n) is 7.50. The van der Waals surface area contributed by atoms with Gasteiger partial charge in [0, 0.05) is 24.8 Å². The lowest BCUT2D eigenvalue weighted by Gasteiger charge is -2.24. The number of nitriles is 1. The molecule has 1 aromatic carbocycles. The molecule has 2 aliphatic heterocycles. The standard InChI is InChI=1S/C16H20N4O/c17-8-12-3-5-14(6-4-12)19-16(21)11-20-9-13-2-1-7-18-15(13)10-20/h3-6,13,15,18H,1-2,7,9-11H2,(H,19,21). The van der Waals surface area contributed by atoms with Crippen LogP contribution in [0.15, 0.2) is 24.3 Å². The van der Waals surface area contributed by atoms with Gasteiger partial charge >= 0.3 is 0 Å². The summed E-state index contributed by atoms with van der Waals surface area (Å²) < 4.78 is 0. The maximum atomic E-state index is 12.1. The second-order valence-electron chi connectivity index (χ2n) is 5.89. The van der Waals surface area contributed by atoms with Crippen molar-refractivity contribution >= 4 is 11.6 Å². The molecule has 3 rings (SSSR count). The van der Waals surface area contributed by atoms with Crippen molar-refractivity contribution in [3.8, 4) is 6.07 Å². The van der Waals surface area contributed by atoms with Crippen molar-refractivity contribution < 1.29 is 4.79 Å². The Balaban J connectivity index is 1.51. The number of anilines is 1. The predicted octanol–water partition coefficient (Wildman–Crippen LogP) is 1.18. The summed E-state index contributed by atoms with van der Waals surface area (Å²) in [6, 6.07) is 9.58. The number of carbonyl (C=O) groups excluding carboxylic acids is 1. The molecule has 0 spiro atoms. The Hall–Kier alpha value is -1.90. The Kier molecular flexibility index (Phi) is 4.18. The van der Waals surface area contributed by atoms with Crippen LogP contribution in [0.25, 0.3) is 0 Å². The van der Waals surface area contributed by atoms with Gasteiger partial charge in [-0.15, -0.1) is 0 Å². The van der Waals surface area contributed by atoms with Crippen molar-refractivity contribution in [2.24, 2.45) is 5.92 Å². The minimum atomic E-state index is 0.0124. The first-order valence-corrected chi connectivity index (χ1v) is 7.50. The van der Waals surface area contributed by atoms with E-state index in [2.05, 4.69) is 21.6 Å². The summed E-state index contributed by atoms with van der Waals surface area (Å²) in [7, 11) is 0. The zero-order valence-electron chi connectivity index (χ0n) is 12.0. The summed E-state index contributed by atoms with van der Waals surface area (Å²) in [6.45, 7) is 3.52. The number of amides is 1. The number of rotatable bonds is 3. The number of carbonyl (C=O) groups is 1. The summed E-state index contributed by atoms with van der Waals surface area (Å²) >= 11 is 0. The van der Waals surface area contributed by atoms with E-state index in [0.29, 0.717) is 24.1 Å². The van der Waals surface area contributed by atoms with Crippen molar-refractivity contribution in [3.05, 3.63) is 29.8 Å². The van der Waals surface area contributed by atoms with Gasteiger partial charge in [0.2, 0.25) is 5.91 Å². The van der Waals surface area contributed by atoms with Gasteiger partial charge in [-0.2, -0.15) is 5.26 Å². The molecule has 2 atom stereocenters. The lowest BCUT2D eigenvalue weighted by molar-refractivity contribution is -0.117. The minimum Gasteiger partial charge on any atom is -0.325 e. The van der Waals surface area contributed by atoms with Gasteiger partial charge in [-0.05, 0) is 49.6 Å². The first kappa shape index (κ1) is 14.1. The topological polar surface area (TPSA) is 68.2 Å². The summed E-state index contributed by atoms with van der Waals surface area (Å²) in [5.74, 6) is 0.708. The predicted molar refractivity (Wildman–Crippen MR) is 80.7 cm³/mol. The zero-order chi connectivity index (χ0) is 14.7. The van der Waals surface area contributed by atoms with E-state index in [-0.39, 0.29) is 5.91 Å². The molecule has 2 aliphatic rings. The van der Waals surface area contributed by atoms with Crippen LogP contribution < -0.4 is 10.6 Å². The van der Waals surface area contributed by atoms with Gasteiger partial charge in [-0.25, -0.2) is 0 Å². The number of hydrogen-bond acceptors (Lipinski definition) is 4. The lowest BCUT2D eigenvalue weighted by Crippen LogP contribution is -2.41. The maximum absolute atomic E-state index is 12.1. The van der Waals surface area contributed by atoms with Crippen LogP contribution >= 0.6 is 0 Å². The smallest absolute Gasteiger partial charge is 0.238 e. The maximum Gasteiger partial charge on any atom is 0.238 e. The minimum absolute atomic E-state index is 0.0124. The Bertz CT molecular complexity index is 534. The molecule has 110 valence electrons. The molecule has 0 aliphatic carbocycles. The number of nitrogens with zero attached hydrogens (tertiary/aromatic N) is 2. The number of piperidine rings is 1. The van der Waals surface area contributed by atoms with Gasteiger partial charge in [0.15, 0.2) is 0 Å². The zero-order valence-corrected chi connectivity index (χ0v) is 12.0. The highest BCUT2D eigenvalue weighted by molar-refractivity contribution is 5.92. The fourth-order valence-electron chi connectivity index (χ4n) is 3.30. The first-order chi connectivity index (χ1) is 10.2. The van der Waals surface area contributed by atoms with E-state index in [1.165, 1.54) is 12.8 Å². The van der Waals surface area contributed by atoms with E-state index in [4.69, 9.17) is 5.26 Å². The van der Waals surface area contributed by atoms with E-state index in [9.17, 15) is 4.79 Å². The van der Waals surface area contributed by atoms with E-state index >= 15 is 0 Å².